The van der Waals surface area contributed by atoms with Gasteiger partial charge in [0.1, 0.15) is 17.0 Å². The number of nitrogens with zero attached hydrogens (tertiary/aromatic N) is 4. The molecule has 3 heterocycles. The summed E-state index contributed by atoms with van der Waals surface area (Å²) >= 11 is 1.26. The summed E-state index contributed by atoms with van der Waals surface area (Å²) in [6.07, 6.45) is 0.308. The molecule has 0 aliphatic heterocycles. The summed E-state index contributed by atoms with van der Waals surface area (Å²) in [5.74, 6) is -0.967. The second-order valence-electron chi connectivity index (χ2n) is 8.87. The van der Waals surface area contributed by atoms with Crippen molar-refractivity contribution in [1.82, 2.24) is 24.8 Å². The molecule has 0 bridgehead atoms. The van der Waals surface area contributed by atoms with Crippen molar-refractivity contribution in [3.8, 4) is 0 Å². The quantitative estimate of drug-likeness (QED) is 0.352. The van der Waals surface area contributed by atoms with Crippen LogP contribution >= 0.6 is 11.3 Å². The third kappa shape index (κ3) is 4.90. The van der Waals surface area contributed by atoms with Gasteiger partial charge in [0.05, 0.1) is 34.5 Å². The third-order valence-corrected chi connectivity index (χ3v) is 7.19. The molecular weight excluding hydrogens is 482 g/mol. The Morgan fingerprint density at radius 2 is 1.89 bits per heavy atom. The zero-order valence-corrected chi connectivity index (χ0v) is 20.3. The van der Waals surface area contributed by atoms with Crippen molar-refractivity contribution in [3.05, 3.63) is 75.5 Å². The number of aryl methyl sites for hydroxylation is 1. The number of alkyl halides is 3. The number of imidazole rings is 1. The minimum Gasteiger partial charge on any atom is -0.343 e. The first-order valence-electron chi connectivity index (χ1n) is 10.7. The normalized spacial score (nSPS) is 13.3. The summed E-state index contributed by atoms with van der Waals surface area (Å²) in [6, 6.07) is 4.71. The van der Waals surface area contributed by atoms with E-state index in [9.17, 15) is 22.4 Å². The molecule has 1 unspecified atom stereocenters. The summed E-state index contributed by atoms with van der Waals surface area (Å²) in [7, 11) is 1.82. The van der Waals surface area contributed by atoms with Gasteiger partial charge in [-0.05, 0) is 44.0 Å². The minimum absolute atomic E-state index is 0.0169. The second-order valence-corrected chi connectivity index (χ2v) is 10.0. The molecule has 0 saturated heterocycles. The maximum absolute atomic E-state index is 14.4. The van der Waals surface area contributed by atoms with Crippen molar-refractivity contribution in [2.45, 2.75) is 44.8 Å². The van der Waals surface area contributed by atoms with Gasteiger partial charge in [-0.1, -0.05) is 12.1 Å². The number of fused-ring (bicyclic) bond motifs is 1. The first-order valence-corrected chi connectivity index (χ1v) is 11.6. The van der Waals surface area contributed by atoms with E-state index in [1.807, 2.05) is 7.05 Å². The van der Waals surface area contributed by atoms with Crippen LogP contribution in [0.4, 0.5) is 17.6 Å². The number of nitrogens with one attached hydrogen (secondary N) is 1. The van der Waals surface area contributed by atoms with Gasteiger partial charge in [0.15, 0.2) is 0 Å². The number of rotatable bonds is 6. The lowest BCUT2D eigenvalue weighted by Gasteiger charge is -2.28. The molecule has 184 valence electrons. The number of carbonyl (C=O) groups is 1. The monoisotopic (exact) mass is 505 g/mol. The Bertz CT molecular complexity index is 1390. The fourth-order valence-electron chi connectivity index (χ4n) is 3.53. The summed E-state index contributed by atoms with van der Waals surface area (Å²) in [5, 5.41) is 3.39. The van der Waals surface area contributed by atoms with E-state index in [-0.39, 0.29) is 29.1 Å². The van der Waals surface area contributed by atoms with Crippen LogP contribution in [0.25, 0.3) is 11.0 Å². The van der Waals surface area contributed by atoms with Gasteiger partial charge in [-0.2, -0.15) is 13.2 Å². The van der Waals surface area contributed by atoms with Gasteiger partial charge >= 0.3 is 6.18 Å². The lowest BCUT2D eigenvalue weighted by Crippen LogP contribution is -2.36. The van der Waals surface area contributed by atoms with Gasteiger partial charge in [0, 0.05) is 24.5 Å². The number of carbonyl (C=O) groups excluding carboxylic acids is 1. The van der Waals surface area contributed by atoms with Crippen LogP contribution in [0.2, 0.25) is 0 Å². The first-order chi connectivity index (χ1) is 16.4. The molecule has 0 radical (unpaired) electrons. The maximum atomic E-state index is 14.4. The third-order valence-electron chi connectivity index (χ3n) is 6.01. The molecule has 1 amide bonds. The minimum atomic E-state index is -4.47. The van der Waals surface area contributed by atoms with E-state index in [0.717, 1.165) is 36.4 Å². The molecule has 1 N–H and O–H groups in total. The highest BCUT2D eigenvalue weighted by Gasteiger charge is 2.48. The van der Waals surface area contributed by atoms with Crippen LogP contribution in [-0.4, -0.2) is 31.6 Å². The summed E-state index contributed by atoms with van der Waals surface area (Å²) < 4.78 is 56.5. The Hall–Kier alpha value is -3.34. The fraction of sp³-hybridized carbons (Fsp3) is 0.333. The molecule has 11 heteroatoms. The van der Waals surface area contributed by atoms with Crippen molar-refractivity contribution < 1.29 is 22.4 Å². The SMILES string of the molecule is CC(NC(=O)c1cc2c(cn1)ncn2C)c1cnc(Cc2cc(C(C)(C)C(F)(F)F)ccc2F)s1. The van der Waals surface area contributed by atoms with E-state index in [2.05, 4.69) is 20.3 Å². The van der Waals surface area contributed by atoms with Crippen LogP contribution in [0.5, 0.6) is 0 Å². The van der Waals surface area contributed by atoms with Crippen molar-refractivity contribution in [3.63, 3.8) is 0 Å². The molecule has 4 aromatic rings. The van der Waals surface area contributed by atoms with Gasteiger partial charge < -0.3 is 9.88 Å². The highest BCUT2D eigenvalue weighted by molar-refractivity contribution is 7.11. The Kier molecular flexibility index (Phi) is 6.39. The summed E-state index contributed by atoms with van der Waals surface area (Å²) in [6.45, 7) is 3.92. The van der Waals surface area contributed by atoms with E-state index in [1.165, 1.54) is 23.6 Å². The number of hydrogen-bond donors (Lipinski definition) is 1. The van der Waals surface area contributed by atoms with E-state index < -0.39 is 23.5 Å². The number of amides is 1. The van der Waals surface area contributed by atoms with E-state index >= 15 is 0 Å². The molecule has 0 aliphatic carbocycles. The first kappa shape index (κ1) is 24.8. The van der Waals surface area contributed by atoms with Crippen molar-refractivity contribution in [2.75, 3.05) is 0 Å². The van der Waals surface area contributed by atoms with Crippen molar-refractivity contribution >= 4 is 28.3 Å². The summed E-state index contributed by atoms with van der Waals surface area (Å²) in [5.41, 5.74) is -0.309. The van der Waals surface area contributed by atoms with Crippen LogP contribution in [0.15, 0.2) is 43.0 Å². The number of benzene rings is 1. The Morgan fingerprint density at radius 3 is 2.60 bits per heavy atom. The standard InChI is InChI=1S/C24H23F4N5OS/c1-13(32-22(34)17-9-19-18(10-29-17)31-12-33(19)4)20-11-30-21(35-20)8-14-7-15(5-6-16(14)25)23(2,3)24(26,27)28/h5-7,9-13H,8H2,1-4H3,(H,32,34). The zero-order chi connectivity index (χ0) is 25.5. The average Bonchev–Trinajstić information content (AvgIpc) is 3.41. The molecule has 1 aromatic carbocycles. The Balaban J connectivity index is 1.48. The number of hydrogen-bond acceptors (Lipinski definition) is 5. The number of thiazole rings is 1. The van der Waals surface area contributed by atoms with Gasteiger partial charge in [-0.25, -0.2) is 19.3 Å². The topological polar surface area (TPSA) is 72.7 Å². The lowest BCUT2D eigenvalue weighted by atomic mass is 9.83. The van der Waals surface area contributed by atoms with Crippen molar-refractivity contribution in [1.29, 1.82) is 0 Å². The Morgan fingerprint density at radius 1 is 1.14 bits per heavy atom. The molecular formula is C24H23F4N5OS. The predicted octanol–water partition coefficient (Wildman–Crippen LogP) is 5.49. The van der Waals surface area contributed by atoms with E-state index in [1.54, 1.807) is 30.1 Å². The molecule has 0 fully saturated rings. The van der Waals surface area contributed by atoms with Gasteiger partial charge in [-0.3, -0.25) is 4.79 Å². The van der Waals surface area contributed by atoms with Gasteiger partial charge in [0.25, 0.3) is 5.91 Å². The van der Waals surface area contributed by atoms with E-state index in [0.29, 0.717) is 10.5 Å². The van der Waals surface area contributed by atoms with Crippen LogP contribution in [-0.2, 0) is 18.9 Å². The average molecular weight is 506 g/mol. The molecule has 4 rings (SSSR count). The largest absolute Gasteiger partial charge is 0.397 e. The van der Waals surface area contributed by atoms with Crippen molar-refractivity contribution in [2.24, 2.45) is 7.05 Å². The number of pyridine rings is 1. The van der Waals surface area contributed by atoms with Crippen LogP contribution in [0, 0.1) is 5.82 Å². The zero-order valence-electron chi connectivity index (χ0n) is 19.4. The predicted molar refractivity (Wildman–Crippen MR) is 125 cm³/mol. The molecule has 1 atom stereocenters. The van der Waals surface area contributed by atoms with Crippen LogP contribution in [0.1, 0.15) is 58.3 Å². The molecule has 35 heavy (non-hydrogen) atoms. The molecule has 0 aliphatic rings. The van der Waals surface area contributed by atoms with Gasteiger partial charge in [-0.15, -0.1) is 11.3 Å². The second kappa shape index (κ2) is 9.03. The van der Waals surface area contributed by atoms with Crippen LogP contribution < -0.4 is 5.32 Å². The Labute approximate surface area is 203 Å². The van der Waals surface area contributed by atoms with Crippen LogP contribution in [0.3, 0.4) is 0 Å². The molecule has 0 spiro atoms. The highest BCUT2D eigenvalue weighted by Crippen LogP contribution is 2.41. The van der Waals surface area contributed by atoms with Gasteiger partial charge in [0.2, 0.25) is 0 Å². The molecule has 6 nitrogen and oxygen atoms in total. The fourth-order valence-corrected chi connectivity index (χ4v) is 4.47. The molecule has 0 saturated carbocycles. The maximum Gasteiger partial charge on any atom is 0.397 e. The number of aromatic nitrogens is 4. The highest BCUT2D eigenvalue weighted by atomic mass is 32.1. The van der Waals surface area contributed by atoms with E-state index in [4.69, 9.17) is 0 Å². The lowest BCUT2D eigenvalue weighted by molar-refractivity contribution is -0.180. The molecule has 3 aromatic heterocycles. The number of halogens is 4. The smallest absolute Gasteiger partial charge is 0.343 e. The summed E-state index contributed by atoms with van der Waals surface area (Å²) in [4.78, 5) is 26.1.